The number of aromatic hydroxyl groups is 4. The molecule has 1 unspecified atom stereocenters. The Labute approximate surface area is 181 Å². The molecular formula is C25H28O6. The fourth-order valence-electron chi connectivity index (χ4n) is 3.86. The molecule has 3 rings (SSSR count). The second kappa shape index (κ2) is 8.76. The second-order valence-electron chi connectivity index (χ2n) is 8.31. The van der Waals surface area contributed by atoms with Crippen LogP contribution >= 0.6 is 0 Å². The number of benzene rings is 2. The van der Waals surface area contributed by atoms with E-state index < -0.39 is 6.10 Å². The van der Waals surface area contributed by atoms with Crippen LogP contribution < -0.4 is 4.74 Å². The van der Waals surface area contributed by atoms with E-state index in [-0.39, 0.29) is 52.4 Å². The summed E-state index contributed by atoms with van der Waals surface area (Å²) in [6, 6.07) is 5.36. The molecule has 0 aliphatic carbocycles. The Balaban J connectivity index is 1.94. The average molecular weight is 424 g/mol. The first kappa shape index (κ1) is 22.3. The van der Waals surface area contributed by atoms with Gasteiger partial charge >= 0.3 is 0 Å². The molecule has 6 nitrogen and oxygen atoms in total. The maximum absolute atomic E-state index is 12.7. The first-order valence-electron chi connectivity index (χ1n) is 10.2. The highest BCUT2D eigenvalue weighted by atomic mass is 16.5. The third-order valence-electron chi connectivity index (χ3n) is 5.50. The van der Waals surface area contributed by atoms with Crippen LogP contribution in [0.3, 0.4) is 0 Å². The number of rotatable bonds is 6. The van der Waals surface area contributed by atoms with Gasteiger partial charge in [-0.2, -0.15) is 0 Å². The van der Waals surface area contributed by atoms with E-state index >= 15 is 0 Å². The number of carbonyl (C=O) groups excluding carboxylic acids is 1. The molecule has 2 aromatic carbocycles. The largest absolute Gasteiger partial charge is 0.508 e. The van der Waals surface area contributed by atoms with E-state index in [1.807, 2.05) is 20.8 Å². The summed E-state index contributed by atoms with van der Waals surface area (Å²) in [5, 5.41) is 41.0. The maximum Gasteiger partial charge on any atom is 0.173 e. The fourth-order valence-corrected chi connectivity index (χ4v) is 3.86. The SMILES string of the molecule is C=C(C)C(C=C(C)C)CCc1c(O)cc2c(c1O)O[C@@H](c1ccc(O)cc1O)CC2=O. The number of fused-ring (bicyclic) bond motifs is 1. The van der Waals surface area contributed by atoms with Gasteiger partial charge < -0.3 is 25.2 Å². The van der Waals surface area contributed by atoms with Crippen molar-refractivity contribution in [2.75, 3.05) is 0 Å². The Kier molecular flexibility index (Phi) is 6.29. The van der Waals surface area contributed by atoms with Crippen molar-refractivity contribution in [3.05, 3.63) is 64.8 Å². The van der Waals surface area contributed by atoms with Crippen molar-refractivity contribution >= 4 is 5.78 Å². The number of phenols is 4. The van der Waals surface area contributed by atoms with Crippen LogP contribution in [0.25, 0.3) is 0 Å². The topological polar surface area (TPSA) is 107 Å². The molecule has 0 aromatic heterocycles. The molecule has 0 saturated carbocycles. The van der Waals surface area contributed by atoms with Gasteiger partial charge in [0.1, 0.15) is 23.4 Å². The van der Waals surface area contributed by atoms with Crippen molar-refractivity contribution in [3.63, 3.8) is 0 Å². The fraction of sp³-hybridized carbons (Fsp3) is 0.320. The third-order valence-corrected chi connectivity index (χ3v) is 5.50. The summed E-state index contributed by atoms with van der Waals surface area (Å²) in [5.74, 6) is -0.978. The Morgan fingerprint density at radius 1 is 1.16 bits per heavy atom. The highest BCUT2D eigenvalue weighted by Gasteiger charge is 2.33. The molecule has 2 aromatic rings. The number of Topliss-reactive ketones (excluding diaryl/α,β-unsaturated/α-hetero) is 1. The molecule has 1 aliphatic rings. The number of hydrogen-bond acceptors (Lipinski definition) is 6. The monoisotopic (exact) mass is 424 g/mol. The van der Waals surface area contributed by atoms with Crippen molar-refractivity contribution in [2.45, 2.75) is 46.1 Å². The summed E-state index contributed by atoms with van der Waals surface area (Å²) in [7, 11) is 0. The molecule has 0 amide bonds. The Morgan fingerprint density at radius 2 is 1.87 bits per heavy atom. The van der Waals surface area contributed by atoms with Gasteiger partial charge in [0.05, 0.1) is 12.0 Å². The number of allylic oxidation sites excluding steroid dienone is 3. The molecule has 2 atom stereocenters. The van der Waals surface area contributed by atoms with Crippen LogP contribution in [0.5, 0.6) is 28.7 Å². The standard InChI is InChI=1S/C25H28O6/c1-13(2)9-15(14(3)4)5-7-18-21(28)11-19-22(29)12-23(31-25(19)24(18)30)17-8-6-16(26)10-20(17)27/h6,8-11,15,23,26-28,30H,3,5,7,12H2,1-2,4H3/t15?,23-/m1/s1. The predicted molar refractivity (Wildman–Crippen MR) is 118 cm³/mol. The smallest absolute Gasteiger partial charge is 0.173 e. The minimum atomic E-state index is -0.822. The molecule has 0 saturated heterocycles. The Bertz CT molecular complexity index is 1060. The lowest BCUT2D eigenvalue weighted by molar-refractivity contribution is 0.0838. The molecular weight excluding hydrogens is 396 g/mol. The molecule has 6 heteroatoms. The van der Waals surface area contributed by atoms with E-state index in [0.29, 0.717) is 24.0 Å². The molecule has 0 spiro atoms. The summed E-state index contributed by atoms with van der Waals surface area (Å²) < 4.78 is 5.90. The zero-order valence-corrected chi connectivity index (χ0v) is 18.0. The van der Waals surface area contributed by atoms with Crippen LogP contribution in [0.15, 0.2) is 48.1 Å². The van der Waals surface area contributed by atoms with E-state index in [1.54, 1.807) is 0 Å². The third kappa shape index (κ3) is 4.68. The van der Waals surface area contributed by atoms with Crippen LogP contribution in [-0.2, 0) is 6.42 Å². The van der Waals surface area contributed by atoms with Gasteiger partial charge in [-0.1, -0.05) is 23.8 Å². The van der Waals surface area contributed by atoms with E-state index in [1.165, 1.54) is 24.3 Å². The van der Waals surface area contributed by atoms with Gasteiger partial charge in [-0.15, -0.1) is 0 Å². The van der Waals surface area contributed by atoms with Crippen LogP contribution in [-0.4, -0.2) is 26.2 Å². The summed E-state index contributed by atoms with van der Waals surface area (Å²) in [6.07, 6.45) is 2.19. The van der Waals surface area contributed by atoms with Crippen LogP contribution in [0.2, 0.25) is 0 Å². The number of ether oxygens (including phenoxy) is 1. The van der Waals surface area contributed by atoms with E-state index in [9.17, 15) is 25.2 Å². The van der Waals surface area contributed by atoms with Gasteiger partial charge in [-0.3, -0.25) is 4.79 Å². The summed E-state index contributed by atoms with van der Waals surface area (Å²) in [6.45, 7) is 9.97. The van der Waals surface area contributed by atoms with Gasteiger partial charge in [-0.25, -0.2) is 0 Å². The quantitative estimate of drug-likeness (QED) is 0.468. The van der Waals surface area contributed by atoms with Crippen molar-refractivity contribution in [3.8, 4) is 28.7 Å². The summed E-state index contributed by atoms with van der Waals surface area (Å²) >= 11 is 0. The molecule has 4 N–H and O–H groups in total. The van der Waals surface area contributed by atoms with Crippen molar-refractivity contribution < 1.29 is 30.0 Å². The van der Waals surface area contributed by atoms with Crippen LogP contribution in [0, 0.1) is 5.92 Å². The molecule has 0 bridgehead atoms. The Hall–Kier alpha value is -3.41. The van der Waals surface area contributed by atoms with E-state index in [0.717, 1.165) is 11.1 Å². The molecule has 31 heavy (non-hydrogen) atoms. The van der Waals surface area contributed by atoms with E-state index in [2.05, 4.69) is 12.7 Å². The van der Waals surface area contributed by atoms with Gasteiger partial charge in [0, 0.05) is 17.2 Å². The first-order valence-corrected chi connectivity index (χ1v) is 10.2. The predicted octanol–water partition coefficient (Wildman–Crippen LogP) is 5.31. The van der Waals surface area contributed by atoms with Crippen molar-refractivity contribution in [1.29, 1.82) is 0 Å². The first-order chi connectivity index (χ1) is 14.6. The molecule has 1 aliphatic heterocycles. The number of hydrogen-bond donors (Lipinski definition) is 4. The molecule has 164 valence electrons. The lowest BCUT2D eigenvalue weighted by Gasteiger charge is -2.28. The summed E-state index contributed by atoms with van der Waals surface area (Å²) in [4.78, 5) is 12.7. The summed E-state index contributed by atoms with van der Waals surface area (Å²) in [5.41, 5.74) is 2.87. The Morgan fingerprint density at radius 3 is 2.48 bits per heavy atom. The lowest BCUT2D eigenvalue weighted by atomic mass is 9.89. The molecule has 1 heterocycles. The van der Waals surface area contributed by atoms with Gasteiger partial charge in [0.25, 0.3) is 0 Å². The van der Waals surface area contributed by atoms with Gasteiger partial charge in [0.2, 0.25) is 0 Å². The number of carbonyl (C=O) groups is 1. The van der Waals surface area contributed by atoms with Crippen molar-refractivity contribution in [2.24, 2.45) is 5.92 Å². The second-order valence-corrected chi connectivity index (χ2v) is 8.31. The lowest BCUT2D eigenvalue weighted by Crippen LogP contribution is -2.21. The van der Waals surface area contributed by atoms with E-state index in [4.69, 9.17) is 4.74 Å². The molecule has 0 radical (unpaired) electrons. The van der Waals surface area contributed by atoms with Crippen LogP contribution in [0.1, 0.15) is 61.2 Å². The minimum Gasteiger partial charge on any atom is -0.508 e. The number of phenolic OH excluding ortho intramolecular Hbond substituents is 4. The highest BCUT2D eigenvalue weighted by Crippen LogP contribution is 2.47. The highest BCUT2D eigenvalue weighted by molar-refractivity contribution is 6.01. The van der Waals surface area contributed by atoms with Crippen molar-refractivity contribution in [1.82, 2.24) is 0 Å². The molecule has 0 fully saturated rings. The zero-order valence-electron chi connectivity index (χ0n) is 18.0. The number of ketones is 1. The van der Waals surface area contributed by atoms with Gasteiger partial charge in [0.15, 0.2) is 17.3 Å². The maximum atomic E-state index is 12.7. The van der Waals surface area contributed by atoms with Gasteiger partial charge in [-0.05, 0) is 57.7 Å². The minimum absolute atomic E-state index is 0.00406. The zero-order chi connectivity index (χ0) is 22.9. The van der Waals surface area contributed by atoms with Crippen LogP contribution in [0.4, 0.5) is 0 Å². The normalized spacial score (nSPS) is 16.2. The average Bonchev–Trinajstić information content (AvgIpc) is 2.67.